The number of amides is 1. The van der Waals surface area contributed by atoms with Crippen LogP contribution in [-0.4, -0.2) is 73.3 Å². The second-order valence-corrected chi connectivity index (χ2v) is 16.0. The van der Waals surface area contributed by atoms with Crippen molar-refractivity contribution in [2.45, 2.75) is 54.7 Å². The lowest BCUT2D eigenvalue weighted by Gasteiger charge is -2.19. The van der Waals surface area contributed by atoms with Gasteiger partial charge in [-0.1, -0.05) is 6.42 Å². The number of rotatable bonds is 23. The largest absolute Gasteiger partial charge is 0.375 e. The Morgan fingerprint density at radius 3 is 1.77 bits per heavy atom. The minimum Gasteiger partial charge on any atom is -0.375 e. The predicted octanol–water partition coefficient (Wildman–Crippen LogP) is 8.13. The van der Waals surface area contributed by atoms with Gasteiger partial charge in [0.2, 0.25) is 5.91 Å². The van der Waals surface area contributed by atoms with E-state index in [4.69, 9.17) is 4.55 Å². The molecule has 0 aliphatic carbocycles. The van der Waals surface area contributed by atoms with E-state index >= 15 is 0 Å². The number of non-ortho nitro benzene ring substituents is 1. The molecule has 0 fully saturated rings. The number of anilines is 2. The molecule has 0 radical (unpaired) electrons. The number of nitro groups is 3. The molecule has 0 aliphatic rings. The van der Waals surface area contributed by atoms with E-state index in [0.717, 1.165) is 36.7 Å². The van der Waals surface area contributed by atoms with E-state index < -0.39 is 62.7 Å². The number of carbonyl (C=O) groups excluding carboxylic acids is 1. The molecule has 0 saturated carbocycles. The summed E-state index contributed by atoms with van der Waals surface area (Å²) in [6, 6.07) is 16.8. The zero-order valence-corrected chi connectivity index (χ0v) is 34.0. The standard InChI is InChI=1S/C36H40N10O13S2/c1-43(21-7-2-4-8-35(47)37-19-5-3-6-20-38-36-32(45(50)51)23-29(44(48)49)24-33(36)46(52)53)28-14-9-25(10-15-28)40-42-31-18-13-27(22-34(31)61(57,58)59)41-39-26-11-16-30(17-12-26)60(54,55)56/h9-18,22-24,38H,2-8,19-21H2,1H3,(H,37,47)(H,54,55,56)(H,57,58,59). The fourth-order valence-corrected chi connectivity index (χ4v) is 6.73. The van der Waals surface area contributed by atoms with Crippen molar-refractivity contribution in [3.05, 3.63) is 109 Å². The maximum atomic E-state index is 12.3. The van der Waals surface area contributed by atoms with Crippen LogP contribution in [0.4, 0.5) is 51.2 Å². The Labute approximate surface area is 348 Å². The summed E-state index contributed by atoms with van der Waals surface area (Å²) in [5, 5.41) is 55.2. The van der Waals surface area contributed by atoms with Gasteiger partial charge in [-0.2, -0.15) is 32.2 Å². The Morgan fingerprint density at radius 2 is 1.20 bits per heavy atom. The summed E-state index contributed by atoms with van der Waals surface area (Å²) in [5.74, 6) is -0.109. The molecular weight excluding hydrogens is 845 g/mol. The number of hydrogen-bond acceptors (Lipinski definition) is 17. The van der Waals surface area contributed by atoms with Crippen LogP contribution in [0.5, 0.6) is 0 Å². The lowest BCUT2D eigenvalue weighted by Crippen LogP contribution is -2.24. The number of hydrogen-bond donors (Lipinski definition) is 4. The van der Waals surface area contributed by atoms with E-state index in [1.807, 2.05) is 11.9 Å². The van der Waals surface area contributed by atoms with Gasteiger partial charge in [-0.05, 0) is 98.8 Å². The minimum absolute atomic E-state index is 0.0402. The SMILES string of the molecule is CN(CCCCCC(=O)NCCCCCNc1c([N+](=O)[O-])cc([N+](=O)[O-])cc1[N+](=O)[O-])c1ccc(N=Nc2ccc(N=Nc3ccc(S(=O)(=O)O)cc3)cc2S(=O)(=O)O)cc1. The quantitative estimate of drug-likeness (QED) is 0.0179. The maximum Gasteiger partial charge on any atom is 0.306 e. The first-order valence-corrected chi connectivity index (χ1v) is 21.2. The molecule has 0 unspecified atom stereocenters. The molecule has 4 aromatic carbocycles. The van der Waals surface area contributed by atoms with E-state index in [1.54, 1.807) is 24.3 Å². The van der Waals surface area contributed by atoms with Crippen LogP contribution in [-0.2, 0) is 25.0 Å². The van der Waals surface area contributed by atoms with Crippen molar-refractivity contribution in [3.8, 4) is 0 Å². The van der Waals surface area contributed by atoms with Gasteiger partial charge in [0.05, 0.1) is 48.9 Å². The van der Waals surface area contributed by atoms with Gasteiger partial charge in [0, 0.05) is 38.8 Å². The van der Waals surface area contributed by atoms with Crippen LogP contribution >= 0.6 is 0 Å². The second kappa shape index (κ2) is 21.4. The van der Waals surface area contributed by atoms with Gasteiger partial charge < -0.3 is 15.5 Å². The zero-order valence-electron chi connectivity index (χ0n) is 32.4. The average molecular weight is 885 g/mol. The Balaban J connectivity index is 1.15. The van der Waals surface area contributed by atoms with Crippen molar-refractivity contribution in [3.63, 3.8) is 0 Å². The van der Waals surface area contributed by atoms with Crippen molar-refractivity contribution in [2.75, 3.05) is 36.9 Å². The summed E-state index contributed by atoms with van der Waals surface area (Å²) in [6.45, 7) is 1.23. The molecule has 61 heavy (non-hydrogen) atoms. The van der Waals surface area contributed by atoms with E-state index in [-0.39, 0.29) is 34.4 Å². The van der Waals surface area contributed by atoms with Gasteiger partial charge in [-0.15, -0.1) is 5.11 Å². The lowest BCUT2D eigenvalue weighted by molar-refractivity contribution is -0.401. The molecule has 25 heteroatoms. The van der Waals surface area contributed by atoms with Crippen LogP contribution < -0.4 is 15.5 Å². The molecule has 4 rings (SSSR count). The molecule has 4 N–H and O–H groups in total. The molecular formula is C36H40N10O13S2. The molecule has 0 bridgehead atoms. The number of nitrogens with one attached hydrogen (secondary N) is 2. The maximum absolute atomic E-state index is 12.3. The highest BCUT2D eigenvalue weighted by atomic mass is 32.2. The molecule has 23 nitrogen and oxygen atoms in total. The smallest absolute Gasteiger partial charge is 0.306 e. The minimum atomic E-state index is -4.75. The first-order chi connectivity index (χ1) is 28.8. The number of unbranched alkanes of at least 4 members (excludes halogenated alkanes) is 4. The van der Waals surface area contributed by atoms with Gasteiger partial charge in [0.25, 0.3) is 25.9 Å². The summed E-state index contributed by atoms with van der Waals surface area (Å²) in [4.78, 5) is 44.4. The fraction of sp³-hybridized carbons (Fsp3) is 0.306. The van der Waals surface area contributed by atoms with Crippen LogP contribution in [0.15, 0.2) is 109 Å². The molecule has 1 amide bonds. The molecule has 0 aliphatic heterocycles. The Hall–Kier alpha value is -6.83. The third kappa shape index (κ3) is 14.4. The number of nitrogens with zero attached hydrogens (tertiary/aromatic N) is 8. The van der Waals surface area contributed by atoms with Crippen molar-refractivity contribution in [1.82, 2.24) is 5.32 Å². The van der Waals surface area contributed by atoms with Gasteiger partial charge in [-0.25, -0.2) is 0 Å². The third-order valence-corrected chi connectivity index (χ3v) is 10.5. The number of nitro benzene ring substituents is 3. The van der Waals surface area contributed by atoms with Crippen LogP contribution in [0.1, 0.15) is 44.9 Å². The van der Waals surface area contributed by atoms with Crippen LogP contribution in [0.2, 0.25) is 0 Å². The van der Waals surface area contributed by atoms with Crippen LogP contribution in [0.3, 0.4) is 0 Å². The summed E-state index contributed by atoms with van der Waals surface area (Å²) in [6.07, 6.45) is 4.26. The Morgan fingerprint density at radius 1 is 0.656 bits per heavy atom. The van der Waals surface area contributed by atoms with E-state index in [1.165, 1.54) is 24.3 Å². The summed E-state index contributed by atoms with van der Waals surface area (Å²) in [7, 11) is -7.24. The summed E-state index contributed by atoms with van der Waals surface area (Å²) in [5.41, 5.74) is -1.34. The highest BCUT2D eigenvalue weighted by Crippen LogP contribution is 2.38. The van der Waals surface area contributed by atoms with Gasteiger partial charge in [-0.3, -0.25) is 44.2 Å². The van der Waals surface area contributed by atoms with E-state index in [0.29, 0.717) is 63.0 Å². The molecule has 324 valence electrons. The van der Waals surface area contributed by atoms with Gasteiger partial charge >= 0.3 is 11.4 Å². The van der Waals surface area contributed by atoms with Crippen LogP contribution in [0.25, 0.3) is 0 Å². The van der Waals surface area contributed by atoms with Crippen molar-refractivity contribution in [2.24, 2.45) is 20.5 Å². The topological polar surface area (TPSA) is 332 Å². The molecule has 0 atom stereocenters. The normalized spacial score (nSPS) is 11.8. The summed E-state index contributed by atoms with van der Waals surface area (Å²) >= 11 is 0. The van der Waals surface area contributed by atoms with Crippen molar-refractivity contribution >= 4 is 77.3 Å². The van der Waals surface area contributed by atoms with E-state index in [9.17, 15) is 56.5 Å². The average Bonchev–Trinajstić information content (AvgIpc) is 3.21. The number of benzene rings is 4. The molecule has 0 heterocycles. The summed E-state index contributed by atoms with van der Waals surface area (Å²) < 4.78 is 65.6. The monoisotopic (exact) mass is 884 g/mol. The van der Waals surface area contributed by atoms with Crippen molar-refractivity contribution in [1.29, 1.82) is 0 Å². The van der Waals surface area contributed by atoms with Crippen LogP contribution in [0, 0.1) is 30.3 Å². The number of carbonyl (C=O) groups is 1. The van der Waals surface area contributed by atoms with Crippen molar-refractivity contribution < 1.29 is 45.5 Å². The molecule has 4 aromatic rings. The fourth-order valence-electron chi connectivity index (χ4n) is 5.61. The molecule has 0 spiro atoms. The molecule has 0 saturated heterocycles. The number of azo groups is 2. The first-order valence-electron chi connectivity index (χ1n) is 18.3. The van der Waals surface area contributed by atoms with Gasteiger partial charge in [0.1, 0.15) is 10.6 Å². The lowest BCUT2D eigenvalue weighted by atomic mass is 10.1. The molecule has 0 aromatic heterocycles. The predicted molar refractivity (Wildman–Crippen MR) is 221 cm³/mol. The zero-order chi connectivity index (χ0) is 44.7. The van der Waals surface area contributed by atoms with Gasteiger partial charge in [0.15, 0.2) is 5.69 Å². The Bertz CT molecular complexity index is 2480. The highest BCUT2D eigenvalue weighted by Gasteiger charge is 2.30. The first kappa shape index (κ1) is 46.9. The highest BCUT2D eigenvalue weighted by molar-refractivity contribution is 7.86. The Kier molecular flexibility index (Phi) is 16.5. The second-order valence-electron chi connectivity index (χ2n) is 13.2. The third-order valence-electron chi connectivity index (χ3n) is 8.76. The van der Waals surface area contributed by atoms with E-state index in [2.05, 4.69) is 31.1 Å².